The van der Waals surface area contributed by atoms with E-state index in [-0.39, 0.29) is 17.2 Å². The van der Waals surface area contributed by atoms with Crippen LogP contribution in [-0.4, -0.2) is 30.8 Å². The molecule has 3 aromatic carbocycles. The summed E-state index contributed by atoms with van der Waals surface area (Å²) in [6, 6.07) is 22.7. The predicted molar refractivity (Wildman–Crippen MR) is 131 cm³/mol. The number of aryl methyl sites for hydroxylation is 2. The lowest BCUT2D eigenvalue weighted by Gasteiger charge is -2.11. The van der Waals surface area contributed by atoms with Gasteiger partial charge in [-0.25, -0.2) is 4.57 Å². The molecular formula is C25H21N5O2S. The Bertz CT molecular complexity index is 1550. The van der Waals surface area contributed by atoms with Crippen molar-refractivity contribution in [2.75, 3.05) is 11.1 Å². The number of fused-ring (bicyclic) bond motifs is 3. The molecule has 0 aliphatic carbocycles. The summed E-state index contributed by atoms with van der Waals surface area (Å²) in [7, 11) is 0. The van der Waals surface area contributed by atoms with Gasteiger partial charge in [0.2, 0.25) is 11.7 Å². The highest BCUT2D eigenvalue weighted by atomic mass is 32.2. The molecule has 0 bridgehead atoms. The van der Waals surface area contributed by atoms with Crippen LogP contribution in [0.5, 0.6) is 0 Å². The fourth-order valence-corrected chi connectivity index (χ4v) is 4.49. The van der Waals surface area contributed by atoms with E-state index in [1.807, 2.05) is 85.0 Å². The van der Waals surface area contributed by atoms with Gasteiger partial charge in [-0.05, 0) is 55.8 Å². The second kappa shape index (κ2) is 8.55. The predicted octanol–water partition coefficient (Wildman–Crippen LogP) is 4.38. The molecule has 164 valence electrons. The van der Waals surface area contributed by atoms with Crippen LogP contribution in [0.25, 0.3) is 22.4 Å². The molecule has 0 radical (unpaired) electrons. The first-order valence-corrected chi connectivity index (χ1v) is 11.4. The second-order valence-corrected chi connectivity index (χ2v) is 8.76. The van der Waals surface area contributed by atoms with Crippen molar-refractivity contribution < 1.29 is 4.79 Å². The number of carbonyl (C=O) groups excluding carboxylic acids is 1. The van der Waals surface area contributed by atoms with Crippen molar-refractivity contribution in [3.05, 3.63) is 94.3 Å². The van der Waals surface area contributed by atoms with E-state index in [1.165, 1.54) is 11.8 Å². The zero-order valence-electron chi connectivity index (χ0n) is 18.1. The minimum absolute atomic E-state index is 0.140. The molecular weight excluding hydrogens is 434 g/mol. The minimum atomic E-state index is -0.164. The van der Waals surface area contributed by atoms with Crippen molar-refractivity contribution >= 4 is 40.0 Å². The smallest absolute Gasteiger partial charge is 0.267 e. The first-order valence-electron chi connectivity index (χ1n) is 10.5. The summed E-state index contributed by atoms with van der Waals surface area (Å²) in [4.78, 5) is 25.9. The number of amides is 1. The van der Waals surface area contributed by atoms with Crippen LogP contribution in [0.4, 0.5) is 5.69 Å². The number of rotatable bonds is 5. The zero-order valence-corrected chi connectivity index (χ0v) is 19.0. The largest absolute Gasteiger partial charge is 0.325 e. The van der Waals surface area contributed by atoms with E-state index in [9.17, 15) is 9.59 Å². The summed E-state index contributed by atoms with van der Waals surface area (Å²) in [5.74, 6) is 0.426. The van der Waals surface area contributed by atoms with E-state index < -0.39 is 0 Å². The number of nitrogens with one attached hydrogen (secondary N) is 1. The van der Waals surface area contributed by atoms with Crippen molar-refractivity contribution in [1.82, 2.24) is 19.2 Å². The molecule has 2 aromatic heterocycles. The number of nitrogens with zero attached hydrogens (tertiary/aromatic N) is 4. The van der Waals surface area contributed by atoms with Crippen LogP contribution in [0.3, 0.4) is 0 Å². The van der Waals surface area contributed by atoms with E-state index >= 15 is 0 Å². The molecule has 0 unspecified atom stereocenters. The maximum atomic E-state index is 13.3. The van der Waals surface area contributed by atoms with E-state index in [0.29, 0.717) is 27.5 Å². The fourth-order valence-electron chi connectivity index (χ4n) is 3.75. The Morgan fingerprint density at radius 3 is 2.52 bits per heavy atom. The first-order chi connectivity index (χ1) is 16.0. The third-order valence-corrected chi connectivity index (χ3v) is 6.25. The second-order valence-electron chi connectivity index (χ2n) is 7.82. The Labute approximate surface area is 194 Å². The maximum absolute atomic E-state index is 13.3. The highest BCUT2D eigenvalue weighted by Crippen LogP contribution is 2.23. The lowest BCUT2D eigenvalue weighted by molar-refractivity contribution is -0.113. The molecule has 0 atom stereocenters. The summed E-state index contributed by atoms with van der Waals surface area (Å²) < 4.78 is 3.40. The van der Waals surface area contributed by atoms with Gasteiger partial charge in [-0.1, -0.05) is 53.7 Å². The summed E-state index contributed by atoms with van der Waals surface area (Å²) in [5, 5.41) is 12.6. The maximum Gasteiger partial charge on any atom is 0.267 e. The molecule has 0 spiro atoms. The third kappa shape index (κ3) is 4.01. The van der Waals surface area contributed by atoms with Crippen LogP contribution < -0.4 is 10.9 Å². The quantitative estimate of drug-likeness (QED) is 0.398. The summed E-state index contributed by atoms with van der Waals surface area (Å²) >= 11 is 1.28. The zero-order chi connectivity index (χ0) is 22.9. The van der Waals surface area contributed by atoms with Gasteiger partial charge in [0.25, 0.3) is 5.56 Å². The van der Waals surface area contributed by atoms with Gasteiger partial charge in [-0.15, -0.1) is 10.2 Å². The van der Waals surface area contributed by atoms with E-state index in [1.54, 1.807) is 10.6 Å². The summed E-state index contributed by atoms with van der Waals surface area (Å²) in [5.41, 5.74) is 4.17. The lowest BCUT2D eigenvalue weighted by atomic mass is 10.2. The van der Waals surface area contributed by atoms with Gasteiger partial charge >= 0.3 is 0 Å². The molecule has 5 aromatic rings. The van der Waals surface area contributed by atoms with Gasteiger partial charge in [0.05, 0.1) is 22.3 Å². The molecule has 0 fully saturated rings. The van der Waals surface area contributed by atoms with Gasteiger partial charge in [0.15, 0.2) is 5.16 Å². The number of aromatic nitrogens is 4. The molecule has 0 saturated carbocycles. The van der Waals surface area contributed by atoms with Crippen LogP contribution >= 0.6 is 11.8 Å². The molecule has 1 amide bonds. The minimum Gasteiger partial charge on any atom is -0.325 e. The average Bonchev–Trinajstić information content (AvgIpc) is 3.23. The molecule has 2 heterocycles. The Morgan fingerprint density at radius 1 is 0.939 bits per heavy atom. The Morgan fingerprint density at radius 2 is 1.73 bits per heavy atom. The Balaban J connectivity index is 1.55. The molecule has 7 nitrogen and oxygen atoms in total. The van der Waals surface area contributed by atoms with Gasteiger partial charge in [-0.2, -0.15) is 0 Å². The molecule has 33 heavy (non-hydrogen) atoms. The van der Waals surface area contributed by atoms with Gasteiger partial charge in [0, 0.05) is 5.69 Å². The normalized spacial score (nSPS) is 11.2. The molecule has 8 heteroatoms. The third-order valence-electron chi connectivity index (χ3n) is 5.32. The van der Waals surface area contributed by atoms with Crippen LogP contribution in [0, 0.1) is 13.8 Å². The van der Waals surface area contributed by atoms with Crippen molar-refractivity contribution in [3.8, 4) is 5.69 Å². The van der Waals surface area contributed by atoms with E-state index in [0.717, 1.165) is 16.8 Å². The molecule has 0 saturated heterocycles. The van der Waals surface area contributed by atoms with Crippen LogP contribution in [0.1, 0.15) is 11.1 Å². The van der Waals surface area contributed by atoms with Crippen molar-refractivity contribution in [1.29, 1.82) is 0 Å². The summed E-state index contributed by atoms with van der Waals surface area (Å²) in [6.45, 7) is 3.97. The number of hydrogen-bond donors (Lipinski definition) is 1. The first kappa shape index (κ1) is 21.0. The molecule has 5 rings (SSSR count). The Kier molecular flexibility index (Phi) is 5.43. The monoisotopic (exact) mass is 455 g/mol. The van der Waals surface area contributed by atoms with E-state index in [4.69, 9.17) is 0 Å². The Hall–Kier alpha value is -3.91. The summed E-state index contributed by atoms with van der Waals surface area (Å²) in [6.07, 6.45) is 0. The number of hydrogen-bond acceptors (Lipinski definition) is 5. The van der Waals surface area contributed by atoms with Crippen molar-refractivity contribution in [3.63, 3.8) is 0 Å². The number of benzene rings is 3. The number of thioether (sulfide) groups is 1. The highest BCUT2D eigenvalue weighted by molar-refractivity contribution is 7.99. The average molecular weight is 456 g/mol. The van der Waals surface area contributed by atoms with Crippen LogP contribution in [0.2, 0.25) is 0 Å². The van der Waals surface area contributed by atoms with Gasteiger partial charge < -0.3 is 5.32 Å². The number of anilines is 1. The molecule has 0 aliphatic heterocycles. The number of carbonyl (C=O) groups is 1. The molecule has 1 N–H and O–H groups in total. The standard InChI is InChI=1S/C25H21N5O2S/c1-16-10-12-19(13-11-16)29-23(32)20-8-3-4-9-21(20)30-24(29)27-28-25(30)33-15-22(31)26-18-7-5-6-17(2)14-18/h3-14H,15H2,1-2H3,(H,26,31). The molecule has 0 aliphatic rings. The highest BCUT2D eigenvalue weighted by Gasteiger charge is 2.18. The lowest BCUT2D eigenvalue weighted by Crippen LogP contribution is -2.22. The SMILES string of the molecule is Cc1ccc(-n2c(=O)c3ccccc3n3c(SCC(=O)Nc4cccc(C)c4)nnc23)cc1. The van der Waals surface area contributed by atoms with Gasteiger partial charge in [-0.3, -0.25) is 14.0 Å². The van der Waals surface area contributed by atoms with Crippen molar-refractivity contribution in [2.24, 2.45) is 0 Å². The fraction of sp³-hybridized carbons (Fsp3) is 0.120. The number of para-hydroxylation sites is 1. The van der Waals surface area contributed by atoms with Gasteiger partial charge in [0.1, 0.15) is 0 Å². The van der Waals surface area contributed by atoms with Crippen molar-refractivity contribution in [2.45, 2.75) is 19.0 Å². The van der Waals surface area contributed by atoms with Crippen LogP contribution in [-0.2, 0) is 4.79 Å². The topological polar surface area (TPSA) is 81.3 Å². The van der Waals surface area contributed by atoms with E-state index in [2.05, 4.69) is 15.5 Å². The van der Waals surface area contributed by atoms with Crippen LogP contribution in [0.15, 0.2) is 82.7 Å².